The highest BCUT2D eigenvalue weighted by Gasteiger charge is 2.19. The molecule has 3 nitrogen and oxygen atoms in total. The van der Waals surface area contributed by atoms with E-state index in [0.717, 1.165) is 22.6 Å². The molecule has 1 aliphatic rings. The highest BCUT2D eigenvalue weighted by atomic mass is 15.0. The Morgan fingerprint density at radius 2 is 1.76 bits per heavy atom. The van der Waals surface area contributed by atoms with Crippen molar-refractivity contribution in [1.82, 2.24) is 15.0 Å². The fourth-order valence-electron chi connectivity index (χ4n) is 3.27. The van der Waals surface area contributed by atoms with E-state index >= 15 is 0 Å². The maximum absolute atomic E-state index is 4.80. The number of hydrogen-bond donors (Lipinski definition) is 1. The molecule has 1 aliphatic carbocycles. The standard InChI is InChI=1S/C18H19N3/c1-3-7-13(8-4-1)15-11-16-18(19-12-15)21-17(20-16)14-9-5-2-6-10-14/h1,3-4,7-8,11-12,14H,2,5-6,9-10H2,(H,19,20,21). The minimum absolute atomic E-state index is 0.591. The molecule has 3 aromatic rings. The average Bonchev–Trinajstić information content (AvgIpc) is 2.99. The third-order valence-corrected chi connectivity index (χ3v) is 4.45. The van der Waals surface area contributed by atoms with Crippen LogP contribution < -0.4 is 0 Å². The van der Waals surface area contributed by atoms with Crippen LogP contribution in [0.2, 0.25) is 0 Å². The number of fused-ring (bicyclic) bond motifs is 1. The summed E-state index contributed by atoms with van der Waals surface area (Å²) in [6.45, 7) is 0. The van der Waals surface area contributed by atoms with Crippen LogP contribution in [0.1, 0.15) is 43.8 Å². The Kier molecular flexibility index (Phi) is 3.18. The number of H-pyrrole nitrogens is 1. The molecule has 1 saturated carbocycles. The average molecular weight is 277 g/mol. The molecule has 21 heavy (non-hydrogen) atoms. The quantitative estimate of drug-likeness (QED) is 0.739. The molecule has 106 valence electrons. The summed E-state index contributed by atoms with van der Waals surface area (Å²) >= 11 is 0. The normalized spacial score (nSPS) is 16.4. The Morgan fingerprint density at radius 1 is 0.952 bits per heavy atom. The van der Waals surface area contributed by atoms with Crippen molar-refractivity contribution in [3.05, 3.63) is 48.4 Å². The first-order valence-corrected chi connectivity index (χ1v) is 7.81. The lowest BCUT2D eigenvalue weighted by atomic mass is 9.89. The maximum Gasteiger partial charge on any atom is 0.157 e. The van der Waals surface area contributed by atoms with E-state index in [1.54, 1.807) is 0 Å². The summed E-state index contributed by atoms with van der Waals surface area (Å²) in [6, 6.07) is 12.5. The Morgan fingerprint density at radius 3 is 2.57 bits per heavy atom. The monoisotopic (exact) mass is 277 g/mol. The van der Waals surface area contributed by atoms with Gasteiger partial charge in [-0.25, -0.2) is 9.97 Å². The van der Waals surface area contributed by atoms with Gasteiger partial charge < -0.3 is 4.98 Å². The van der Waals surface area contributed by atoms with Gasteiger partial charge in [0.1, 0.15) is 11.3 Å². The van der Waals surface area contributed by atoms with Crippen LogP contribution >= 0.6 is 0 Å². The van der Waals surface area contributed by atoms with Crippen molar-refractivity contribution in [2.45, 2.75) is 38.0 Å². The minimum Gasteiger partial charge on any atom is -0.326 e. The van der Waals surface area contributed by atoms with Crippen LogP contribution in [0.25, 0.3) is 22.3 Å². The zero-order valence-corrected chi connectivity index (χ0v) is 12.0. The molecule has 2 heterocycles. The van der Waals surface area contributed by atoms with E-state index in [2.05, 4.69) is 40.3 Å². The number of benzene rings is 1. The maximum atomic E-state index is 4.80. The van der Waals surface area contributed by atoms with Crippen molar-refractivity contribution >= 4 is 11.2 Å². The smallest absolute Gasteiger partial charge is 0.157 e. The zero-order chi connectivity index (χ0) is 14.1. The Balaban J connectivity index is 1.71. The second-order valence-corrected chi connectivity index (χ2v) is 5.91. The minimum atomic E-state index is 0.591. The highest BCUT2D eigenvalue weighted by Crippen LogP contribution is 2.32. The van der Waals surface area contributed by atoms with Gasteiger partial charge in [-0.3, -0.25) is 0 Å². The lowest BCUT2D eigenvalue weighted by Gasteiger charge is -2.18. The third kappa shape index (κ3) is 2.44. The van der Waals surface area contributed by atoms with Crippen molar-refractivity contribution < 1.29 is 0 Å². The van der Waals surface area contributed by atoms with Gasteiger partial charge in [-0.05, 0) is 24.5 Å². The van der Waals surface area contributed by atoms with Gasteiger partial charge in [0.25, 0.3) is 0 Å². The third-order valence-electron chi connectivity index (χ3n) is 4.45. The number of nitrogens with zero attached hydrogens (tertiary/aromatic N) is 2. The van der Waals surface area contributed by atoms with Crippen molar-refractivity contribution in [1.29, 1.82) is 0 Å². The van der Waals surface area contributed by atoms with E-state index in [1.165, 1.54) is 37.7 Å². The molecular weight excluding hydrogens is 258 g/mol. The van der Waals surface area contributed by atoms with Crippen LogP contribution in [0, 0.1) is 0 Å². The van der Waals surface area contributed by atoms with E-state index in [4.69, 9.17) is 4.98 Å². The van der Waals surface area contributed by atoms with Crippen LogP contribution in [0.5, 0.6) is 0 Å². The van der Waals surface area contributed by atoms with Crippen molar-refractivity contribution in [2.75, 3.05) is 0 Å². The molecule has 4 rings (SSSR count). The molecule has 1 N–H and O–H groups in total. The molecule has 0 amide bonds. The van der Waals surface area contributed by atoms with Gasteiger partial charge in [-0.1, -0.05) is 49.6 Å². The summed E-state index contributed by atoms with van der Waals surface area (Å²) in [4.78, 5) is 12.8. The Labute approximate surface area is 124 Å². The zero-order valence-electron chi connectivity index (χ0n) is 12.0. The molecule has 1 aromatic carbocycles. The molecule has 0 aliphatic heterocycles. The first-order valence-electron chi connectivity index (χ1n) is 7.81. The summed E-state index contributed by atoms with van der Waals surface area (Å²) < 4.78 is 0. The summed E-state index contributed by atoms with van der Waals surface area (Å²) in [5.41, 5.74) is 4.21. The van der Waals surface area contributed by atoms with Crippen molar-refractivity contribution in [2.24, 2.45) is 0 Å². The van der Waals surface area contributed by atoms with E-state index in [-0.39, 0.29) is 0 Å². The number of aromatic amines is 1. The van der Waals surface area contributed by atoms with E-state index in [1.807, 2.05) is 12.3 Å². The van der Waals surface area contributed by atoms with Gasteiger partial charge in [-0.15, -0.1) is 0 Å². The molecule has 0 unspecified atom stereocenters. The number of pyridine rings is 1. The Hall–Kier alpha value is -2.16. The van der Waals surface area contributed by atoms with Crippen LogP contribution in [-0.2, 0) is 0 Å². The lowest BCUT2D eigenvalue weighted by molar-refractivity contribution is 0.431. The van der Waals surface area contributed by atoms with Gasteiger partial charge in [-0.2, -0.15) is 0 Å². The largest absolute Gasteiger partial charge is 0.326 e. The summed E-state index contributed by atoms with van der Waals surface area (Å²) in [7, 11) is 0. The molecule has 0 spiro atoms. The van der Waals surface area contributed by atoms with Gasteiger partial charge in [0.05, 0.1) is 0 Å². The molecule has 0 atom stereocenters. The number of imidazole rings is 1. The van der Waals surface area contributed by atoms with Gasteiger partial charge in [0.15, 0.2) is 5.65 Å². The molecule has 2 aromatic heterocycles. The van der Waals surface area contributed by atoms with E-state index in [0.29, 0.717) is 5.92 Å². The SMILES string of the molecule is c1ccc(-c2cnc3[nH]c(C4CCCCC4)nc3c2)cc1. The fraction of sp³-hybridized carbons (Fsp3) is 0.333. The van der Waals surface area contributed by atoms with Gasteiger partial charge in [0, 0.05) is 17.7 Å². The van der Waals surface area contributed by atoms with E-state index < -0.39 is 0 Å². The molecule has 0 saturated heterocycles. The molecule has 0 bridgehead atoms. The number of rotatable bonds is 2. The van der Waals surface area contributed by atoms with Crippen molar-refractivity contribution in [3.63, 3.8) is 0 Å². The summed E-state index contributed by atoms with van der Waals surface area (Å²) in [6.07, 6.45) is 8.46. The molecule has 3 heteroatoms. The topological polar surface area (TPSA) is 41.6 Å². The predicted octanol–water partition coefficient (Wildman–Crippen LogP) is 4.67. The predicted molar refractivity (Wildman–Crippen MR) is 85.2 cm³/mol. The molecular formula is C18H19N3. The number of hydrogen-bond acceptors (Lipinski definition) is 2. The van der Waals surface area contributed by atoms with Crippen molar-refractivity contribution in [3.8, 4) is 11.1 Å². The second-order valence-electron chi connectivity index (χ2n) is 5.91. The molecule has 0 radical (unpaired) electrons. The Bertz CT molecular complexity index is 740. The fourth-order valence-corrected chi connectivity index (χ4v) is 3.27. The van der Waals surface area contributed by atoms with Crippen LogP contribution in [0.4, 0.5) is 0 Å². The van der Waals surface area contributed by atoms with Crippen LogP contribution in [0.15, 0.2) is 42.6 Å². The van der Waals surface area contributed by atoms with E-state index in [9.17, 15) is 0 Å². The second kappa shape index (κ2) is 5.32. The van der Waals surface area contributed by atoms with Gasteiger partial charge >= 0.3 is 0 Å². The highest BCUT2D eigenvalue weighted by molar-refractivity contribution is 5.78. The van der Waals surface area contributed by atoms with Crippen LogP contribution in [-0.4, -0.2) is 15.0 Å². The summed E-state index contributed by atoms with van der Waals surface area (Å²) in [5.74, 6) is 1.72. The number of nitrogens with one attached hydrogen (secondary N) is 1. The number of aromatic nitrogens is 3. The lowest BCUT2D eigenvalue weighted by Crippen LogP contribution is -2.05. The summed E-state index contributed by atoms with van der Waals surface area (Å²) in [5, 5.41) is 0. The molecule has 1 fully saturated rings. The first kappa shape index (κ1) is 12.6. The van der Waals surface area contributed by atoms with Gasteiger partial charge in [0.2, 0.25) is 0 Å². The van der Waals surface area contributed by atoms with Crippen LogP contribution in [0.3, 0.4) is 0 Å². The first-order chi connectivity index (χ1) is 10.4.